The fraction of sp³-hybridized carbons (Fsp3) is 0.526. The molecule has 2 amide bonds. The minimum Gasteiger partial charge on any atom is -0.445 e. The molecule has 1 aromatic heterocycles. The third-order valence-corrected chi connectivity index (χ3v) is 9.90. The van der Waals surface area contributed by atoms with Crippen molar-refractivity contribution in [1.82, 2.24) is 30.2 Å². The van der Waals surface area contributed by atoms with Crippen LogP contribution in [0.1, 0.15) is 55.7 Å². The van der Waals surface area contributed by atoms with E-state index in [4.69, 9.17) is 10.5 Å². The number of para-hydroxylation sites is 1. The lowest BCUT2D eigenvalue weighted by Crippen LogP contribution is -2.47. The number of piperidine rings is 1. The first-order valence-corrected chi connectivity index (χ1v) is 17.9. The summed E-state index contributed by atoms with van der Waals surface area (Å²) >= 11 is 0. The molecular weight excluding hydrogens is 632 g/mol. The Bertz CT molecular complexity index is 1530. The third kappa shape index (κ3) is 11.8. The molecule has 2 atom stereocenters. The maximum Gasteiger partial charge on any atom is 0.294 e. The number of hydrogen-bond acceptors (Lipinski definition) is 9. The molecular formula is C38H56N8O4. The zero-order valence-corrected chi connectivity index (χ0v) is 30.0. The average Bonchev–Trinajstić information content (AvgIpc) is 3.53. The number of anilines is 1. The van der Waals surface area contributed by atoms with Crippen LogP contribution in [0.15, 0.2) is 48.2 Å². The van der Waals surface area contributed by atoms with Crippen molar-refractivity contribution in [2.45, 2.75) is 71.2 Å². The number of nitrogens with one attached hydrogen (secondary N) is 3. The van der Waals surface area contributed by atoms with Crippen molar-refractivity contribution in [2.75, 3.05) is 58.2 Å². The Labute approximate surface area is 296 Å². The van der Waals surface area contributed by atoms with E-state index in [1.54, 1.807) is 4.68 Å². The van der Waals surface area contributed by atoms with E-state index in [9.17, 15) is 14.4 Å². The molecule has 1 saturated heterocycles. The van der Waals surface area contributed by atoms with Crippen LogP contribution in [0.5, 0.6) is 0 Å². The van der Waals surface area contributed by atoms with Gasteiger partial charge in [0, 0.05) is 42.4 Å². The predicted octanol–water partition coefficient (Wildman–Crippen LogP) is 3.54. The molecule has 1 aliphatic heterocycles. The van der Waals surface area contributed by atoms with E-state index in [1.807, 2.05) is 30.5 Å². The number of rotatable bonds is 23. The number of carbonyl (C=O) groups is 3. The lowest BCUT2D eigenvalue weighted by Gasteiger charge is -2.38. The van der Waals surface area contributed by atoms with Crippen LogP contribution >= 0.6 is 0 Å². The highest BCUT2D eigenvalue weighted by Crippen LogP contribution is 2.26. The van der Waals surface area contributed by atoms with Gasteiger partial charge in [0.25, 0.3) is 6.47 Å². The van der Waals surface area contributed by atoms with Crippen molar-refractivity contribution in [3.63, 3.8) is 0 Å². The SMILES string of the molecule is C/C(=C\c1ccccc1NC=O)C(CCN)CCNC(CCN(CCNC=O)C1CCN(C)CC1)Cc1cc(C)c2nn(COC=O)cc2c1. The molecule has 4 rings (SSSR count). The largest absolute Gasteiger partial charge is 0.445 e. The quantitative estimate of drug-likeness (QED) is 0.0868. The number of amides is 2. The molecule has 5 N–H and O–H groups in total. The van der Waals surface area contributed by atoms with E-state index < -0.39 is 0 Å². The maximum atomic E-state index is 11.2. The molecule has 12 heteroatoms. The number of ether oxygens (including phenoxy) is 1. The Kier molecular flexibility index (Phi) is 15.9. The third-order valence-electron chi connectivity index (χ3n) is 9.90. The van der Waals surface area contributed by atoms with Crippen molar-refractivity contribution in [3.8, 4) is 0 Å². The Hall–Kier alpha value is -4.10. The first-order chi connectivity index (χ1) is 24.3. The molecule has 3 aromatic rings. The minimum absolute atomic E-state index is 0.0832. The first-order valence-electron chi connectivity index (χ1n) is 17.9. The summed E-state index contributed by atoms with van der Waals surface area (Å²) in [6, 6.07) is 12.9. The molecule has 50 heavy (non-hydrogen) atoms. The molecule has 2 heterocycles. The number of aromatic nitrogens is 2. The predicted molar refractivity (Wildman–Crippen MR) is 199 cm³/mol. The van der Waals surface area contributed by atoms with Crippen molar-refractivity contribution in [2.24, 2.45) is 11.7 Å². The second-order valence-electron chi connectivity index (χ2n) is 13.5. The number of fused-ring (bicyclic) bond motifs is 1. The second-order valence-corrected chi connectivity index (χ2v) is 13.5. The summed E-state index contributed by atoms with van der Waals surface area (Å²) < 4.78 is 6.58. The van der Waals surface area contributed by atoms with Gasteiger partial charge in [-0.25, -0.2) is 4.68 Å². The second kappa shape index (κ2) is 20.5. The summed E-state index contributed by atoms with van der Waals surface area (Å²) in [5, 5.41) is 15.2. The fourth-order valence-electron chi connectivity index (χ4n) is 7.16. The zero-order valence-electron chi connectivity index (χ0n) is 30.0. The summed E-state index contributed by atoms with van der Waals surface area (Å²) in [4.78, 5) is 37.9. The number of benzene rings is 2. The van der Waals surface area contributed by atoms with Gasteiger partial charge in [0.05, 0.1) is 5.52 Å². The van der Waals surface area contributed by atoms with Gasteiger partial charge < -0.3 is 31.3 Å². The van der Waals surface area contributed by atoms with Gasteiger partial charge in [0.15, 0.2) is 6.73 Å². The normalized spacial score (nSPS) is 15.6. The molecule has 1 fully saturated rings. The van der Waals surface area contributed by atoms with Gasteiger partial charge in [-0.05, 0) is 127 Å². The Morgan fingerprint density at radius 3 is 2.62 bits per heavy atom. The maximum absolute atomic E-state index is 11.2. The van der Waals surface area contributed by atoms with E-state index in [0.717, 1.165) is 105 Å². The number of nitrogens with two attached hydrogens (primary N) is 1. The van der Waals surface area contributed by atoms with E-state index in [-0.39, 0.29) is 12.8 Å². The monoisotopic (exact) mass is 688 g/mol. The van der Waals surface area contributed by atoms with Crippen LogP contribution in [-0.2, 0) is 32.3 Å². The number of likely N-dealkylation sites (tertiary alicyclic amines) is 1. The number of hydrogen-bond donors (Lipinski definition) is 4. The van der Waals surface area contributed by atoms with E-state index in [0.29, 0.717) is 37.9 Å². The highest BCUT2D eigenvalue weighted by Gasteiger charge is 2.24. The van der Waals surface area contributed by atoms with Gasteiger partial charge in [-0.3, -0.25) is 19.3 Å². The minimum atomic E-state index is 0.0832. The summed E-state index contributed by atoms with van der Waals surface area (Å²) in [7, 11) is 2.18. The highest BCUT2D eigenvalue weighted by molar-refractivity contribution is 5.82. The molecule has 12 nitrogen and oxygen atoms in total. The van der Waals surface area contributed by atoms with Gasteiger partial charge in [-0.1, -0.05) is 35.9 Å². The Balaban J connectivity index is 1.51. The van der Waals surface area contributed by atoms with Crippen LogP contribution in [0.25, 0.3) is 17.0 Å². The van der Waals surface area contributed by atoms with Gasteiger partial charge in [0.1, 0.15) is 0 Å². The van der Waals surface area contributed by atoms with Crippen molar-refractivity contribution in [1.29, 1.82) is 0 Å². The van der Waals surface area contributed by atoms with Crippen LogP contribution in [0.4, 0.5) is 5.69 Å². The van der Waals surface area contributed by atoms with Crippen LogP contribution in [-0.4, -0.2) is 104 Å². The zero-order chi connectivity index (χ0) is 35.7. The lowest BCUT2D eigenvalue weighted by atomic mass is 9.91. The fourth-order valence-corrected chi connectivity index (χ4v) is 7.16. The molecule has 272 valence electrons. The Morgan fingerprint density at radius 1 is 1.08 bits per heavy atom. The molecule has 0 radical (unpaired) electrons. The molecule has 0 bridgehead atoms. The van der Waals surface area contributed by atoms with Gasteiger partial charge in [0.2, 0.25) is 12.8 Å². The van der Waals surface area contributed by atoms with Crippen molar-refractivity contribution in [3.05, 3.63) is 64.9 Å². The Morgan fingerprint density at radius 2 is 1.88 bits per heavy atom. The molecule has 0 aliphatic carbocycles. The molecule has 2 unspecified atom stereocenters. The average molecular weight is 689 g/mol. The van der Waals surface area contributed by atoms with E-state index in [2.05, 4.69) is 70.0 Å². The number of aryl methyl sites for hydroxylation is 1. The highest BCUT2D eigenvalue weighted by atomic mass is 16.5. The summed E-state index contributed by atoms with van der Waals surface area (Å²) in [6.07, 6.45) is 11.5. The lowest BCUT2D eigenvalue weighted by molar-refractivity contribution is -0.132. The van der Waals surface area contributed by atoms with Crippen LogP contribution in [0.3, 0.4) is 0 Å². The van der Waals surface area contributed by atoms with Gasteiger partial charge >= 0.3 is 0 Å². The summed E-state index contributed by atoms with van der Waals surface area (Å²) in [5.74, 6) is 0.292. The van der Waals surface area contributed by atoms with Crippen LogP contribution < -0.4 is 21.7 Å². The molecule has 0 saturated carbocycles. The molecule has 0 spiro atoms. The summed E-state index contributed by atoms with van der Waals surface area (Å²) in [6.45, 7) is 10.7. The summed E-state index contributed by atoms with van der Waals surface area (Å²) in [5.41, 5.74) is 12.3. The topological polar surface area (TPSA) is 147 Å². The molecule has 1 aliphatic rings. The standard InChI is InChI=1S/C38H56N8O4/c1-29(21-33-6-4-5-7-37(33)42-26-48)32(8-13-39)9-14-41-35(10-18-45(19-15-40-25-47)36-11-16-44(3)17-12-36)23-31-20-30(2)38-34(22-31)24-46(43-38)27-50-28-49/h4-7,20-22,24-26,28,32,35-36,41H,8-19,23,27,39H2,1-3H3,(H,40,47)(H,42,48)/b29-21+. The number of carbonyl (C=O) groups excluding carboxylic acids is 3. The van der Waals surface area contributed by atoms with E-state index >= 15 is 0 Å². The van der Waals surface area contributed by atoms with Crippen molar-refractivity contribution < 1.29 is 19.1 Å². The van der Waals surface area contributed by atoms with Gasteiger partial charge in [-0.15, -0.1) is 0 Å². The first kappa shape index (κ1) is 38.7. The van der Waals surface area contributed by atoms with E-state index in [1.165, 1.54) is 11.1 Å². The van der Waals surface area contributed by atoms with Crippen molar-refractivity contribution >= 4 is 42.0 Å². The van der Waals surface area contributed by atoms with Crippen LogP contribution in [0, 0.1) is 12.8 Å². The smallest absolute Gasteiger partial charge is 0.294 e. The number of allylic oxidation sites excluding steroid dienone is 1. The van der Waals surface area contributed by atoms with Crippen LogP contribution in [0.2, 0.25) is 0 Å². The number of nitrogens with zero attached hydrogens (tertiary/aromatic N) is 4. The van der Waals surface area contributed by atoms with Gasteiger partial charge in [-0.2, -0.15) is 5.10 Å². The molecule has 2 aromatic carbocycles.